The highest BCUT2D eigenvalue weighted by molar-refractivity contribution is 6.30. The number of rotatable bonds is 7. The van der Waals surface area contributed by atoms with Gasteiger partial charge in [-0.2, -0.15) is 0 Å². The van der Waals surface area contributed by atoms with Crippen molar-refractivity contribution in [3.8, 4) is 5.75 Å². The van der Waals surface area contributed by atoms with Crippen LogP contribution < -0.4 is 15.4 Å². The van der Waals surface area contributed by atoms with E-state index in [2.05, 4.69) is 10.6 Å². The van der Waals surface area contributed by atoms with Gasteiger partial charge in [0.15, 0.2) is 6.61 Å². The minimum atomic E-state index is -0.318. The fourth-order valence-electron chi connectivity index (χ4n) is 2.73. The molecule has 6 heteroatoms. The number of ether oxygens (including phenoxy) is 1. The van der Waals surface area contributed by atoms with Gasteiger partial charge in [0.1, 0.15) is 5.75 Å². The van der Waals surface area contributed by atoms with Crippen molar-refractivity contribution in [1.29, 1.82) is 0 Å². The van der Waals surface area contributed by atoms with E-state index >= 15 is 0 Å². The van der Waals surface area contributed by atoms with Crippen LogP contribution in [0.3, 0.4) is 0 Å². The van der Waals surface area contributed by atoms with Crippen LogP contribution in [0.2, 0.25) is 5.02 Å². The summed E-state index contributed by atoms with van der Waals surface area (Å²) < 4.78 is 5.54. The molecule has 0 saturated heterocycles. The number of benzene rings is 3. The minimum absolute atomic E-state index is 0.146. The molecule has 0 atom stereocenters. The number of anilines is 1. The monoisotopic (exact) mass is 408 g/mol. The van der Waals surface area contributed by atoms with Gasteiger partial charge in [0, 0.05) is 22.8 Å². The lowest BCUT2D eigenvalue weighted by Gasteiger charge is -2.11. The molecule has 2 N–H and O–H groups in total. The second kappa shape index (κ2) is 9.75. The molecular weight excluding hydrogens is 388 g/mol. The predicted molar refractivity (Wildman–Crippen MR) is 114 cm³/mol. The third kappa shape index (κ3) is 6.09. The van der Waals surface area contributed by atoms with Crippen LogP contribution in [0.5, 0.6) is 5.75 Å². The Morgan fingerprint density at radius 1 is 0.966 bits per heavy atom. The summed E-state index contributed by atoms with van der Waals surface area (Å²) in [6.45, 7) is 2.15. The molecule has 0 aliphatic heterocycles. The fraction of sp³-hybridized carbons (Fsp3) is 0.130. The number of aryl methyl sites for hydroxylation is 1. The van der Waals surface area contributed by atoms with Gasteiger partial charge < -0.3 is 15.4 Å². The van der Waals surface area contributed by atoms with Crippen molar-refractivity contribution in [2.75, 3.05) is 11.9 Å². The number of hydrogen-bond acceptors (Lipinski definition) is 3. The molecule has 29 heavy (non-hydrogen) atoms. The molecule has 0 aromatic heterocycles. The first kappa shape index (κ1) is 20.4. The van der Waals surface area contributed by atoms with Crippen molar-refractivity contribution in [3.05, 3.63) is 94.5 Å². The molecule has 0 saturated carbocycles. The summed E-state index contributed by atoms with van der Waals surface area (Å²) in [5.41, 5.74) is 2.86. The summed E-state index contributed by atoms with van der Waals surface area (Å²) in [5, 5.41) is 6.22. The number of carbonyl (C=O) groups is 2. The van der Waals surface area contributed by atoms with Gasteiger partial charge >= 0.3 is 0 Å². The van der Waals surface area contributed by atoms with Crippen LogP contribution in [0.15, 0.2) is 72.8 Å². The molecule has 148 valence electrons. The lowest BCUT2D eigenvalue weighted by molar-refractivity contribution is -0.118. The van der Waals surface area contributed by atoms with Crippen molar-refractivity contribution in [3.63, 3.8) is 0 Å². The molecule has 2 amide bonds. The zero-order valence-electron chi connectivity index (χ0n) is 15.9. The predicted octanol–water partition coefficient (Wildman–Crippen LogP) is 4.60. The Kier molecular flexibility index (Phi) is 6.87. The Bertz CT molecular complexity index is 1010. The minimum Gasteiger partial charge on any atom is -0.483 e. The van der Waals surface area contributed by atoms with Gasteiger partial charge in [0.25, 0.3) is 11.8 Å². The van der Waals surface area contributed by atoms with E-state index in [0.29, 0.717) is 28.6 Å². The van der Waals surface area contributed by atoms with Gasteiger partial charge in [-0.25, -0.2) is 0 Å². The average Bonchev–Trinajstić information content (AvgIpc) is 2.72. The molecule has 5 nitrogen and oxygen atoms in total. The van der Waals surface area contributed by atoms with E-state index in [4.69, 9.17) is 16.3 Å². The standard InChI is InChI=1S/C23H21ClN2O3/c1-16-12-19(24)10-11-21(16)29-15-22(27)26-20-9-5-8-18(13-20)23(28)25-14-17-6-3-2-4-7-17/h2-13H,14-15H2,1H3,(H,25,28)(H,26,27). The Hall–Kier alpha value is -3.31. The molecule has 0 aliphatic rings. The maximum absolute atomic E-state index is 12.4. The van der Waals surface area contributed by atoms with Crippen molar-refractivity contribution in [2.45, 2.75) is 13.5 Å². The summed E-state index contributed by atoms with van der Waals surface area (Å²) in [6, 6.07) is 21.6. The zero-order valence-corrected chi connectivity index (χ0v) is 16.7. The smallest absolute Gasteiger partial charge is 0.262 e. The maximum atomic E-state index is 12.4. The van der Waals surface area contributed by atoms with Gasteiger partial charge in [-0.1, -0.05) is 48.0 Å². The quantitative estimate of drug-likeness (QED) is 0.600. The molecule has 0 spiro atoms. The van der Waals surface area contributed by atoms with Crippen molar-refractivity contribution in [1.82, 2.24) is 5.32 Å². The normalized spacial score (nSPS) is 10.3. The molecule has 0 heterocycles. The Morgan fingerprint density at radius 3 is 2.52 bits per heavy atom. The second-order valence-electron chi connectivity index (χ2n) is 6.50. The van der Waals surface area contributed by atoms with Crippen LogP contribution in [0.4, 0.5) is 5.69 Å². The number of nitrogens with one attached hydrogen (secondary N) is 2. The number of carbonyl (C=O) groups excluding carboxylic acids is 2. The van der Waals surface area contributed by atoms with Crippen LogP contribution in [-0.4, -0.2) is 18.4 Å². The van der Waals surface area contributed by atoms with E-state index in [1.807, 2.05) is 37.3 Å². The molecule has 0 bridgehead atoms. The van der Waals surface area contributed by atoms with Crippen LogP contribution in [0.1, 0.15) is 21.5 Å². The first-order chi connectivity index (χ1) is 14.0. The number of amides is 2. The van der Waals surface area contributed by atoms with Gasteiger partial charge in [0.05, 0.1) is 0 Å². The third-order valence-corrected chi connectivity index (χ3v) is 4.44. The average molecular weight is 409 g/mol. The van der Waals surface area contributed by atoms with Crippen molar-refractivity contribution >= 4 is 29.1 Å². The second-order valence-corrected chi connectivity index (χ2v) is 6.93. The Morgan fingerprint density at radius 2 is 1.76 bits per heavy atom. The number of halogens is 1. The molecule has 3 aromatic rings. The first-order valence-electron chi connectivity index (χ1n) is 9.12. The van der Waals surface area contributed by atoms with E-state index in [9.17, 15) is 9.59 Å². The molecule has 3 rings (SSSR count). The Labute approximate surface area is 174 Å². The fourth-order valence-corrected chi connectivity index (χ4v) is 2.96. The van der Waals surface area contributed by atoms with E-state index in [1.165, 1.54) is 0 Å². The van der Waals surface area contributed by atoms with E-state index in [0.717, 1.165) is 11.1 Å². The lowest BCUT2D eigenvalue weighted by atomic mass is 10.1. The molecule has 0 aliphatic carbocycles. The van der Waals surface area contributed by atoms with Crippen LogP contribution in [0.25, 0.3) is 0 Å². The highest BCUT2D eigenvalue weighted by Gasteiger charge is 2.09. The van der Waals surface area contributed by atoms with Crippen LogP contribution in [-0.2, 0) is 11.3 Å². The first-order valence-corrected chi connectivity index (χ1v) is 9.50. The highest BCUT2D eigenvalue weighted by Crippen LogP contribution is 2.21. The largest absolute Gasteiger partial charge is 0.483 e. The van der Waals surface area contributed by atoms with Gasteiger partial charge in [-0.3, -0.25) is 9.59 Å². The summed E-state index contributed by atoms with van der Waals surface area (Å²) in [7, 11) is 0. The number of hydrogen-bond donors (Lipinski definition) is 2. The van der Waals surface area contributed by atoms with Crippen molar-refractivity contribution in [2.24, 2.45) is 0 Å². The summed E-state index contributed by atoms with van der Waals surface area (Å²) in [5.74, 6) is 0.0674. The lowest BCUT2D eigenvalue weighted by Crippen LogP contribution is -2.23. The van der Waals surface area contributed by atoms with Crippen molar-refractivity contribution < 1.29 is 14.3 Å². The molecular formula is C23H21ClN2O3. The van der Waals surface area contributed by atoms with Gasteiger partial charge in [-0.05, 0) is 54.4 Å². The highest BCUT2D eigenvalue weighted by atomic mass is 35.5. The van der Waals surface area contributed by atoms with Gasteiger partial charge in [-0.15, -0.1) is 0 Å². The molecule has 3 aromatic carbocycles. The maximum Gasteiger partial charge on any atom is 0.262 e. The van der Waals surface area contributed by atoms with E-state index in [1.54, 1.807) is 42.5 Å². The van der Waals surface area contributed by atoms with Gasteiger partial charge in [0.2, 0.25) is 0 Å². The van der Waals surface area contributed by atoms with E-state index < -0.39 is 0 Å². The van der Waals surface area contributed by atoms with E-state index in [-0.39, 0.29) is 18.4 Å². The van der Waals surface area contributed by atoms with Crippen LogP contribution >= 0.6 is 11.6 Å². The molecule has 0 radical (unpaired) electrons. The summed E-state index contributed by atoms with van der Waals surface area (Å²) in [6.07, 6.45) is 0. The summed E-state index contributed by atoms with van der Waals surface area (Å²) in [4.78, 5) is 24.6. The summed E-state index contributed by atoms with van der Waals surface area (Å²) >= 11 is 5.92. The third-order valence-electron chi connectivity index (χ3n) is 4.20. The molecule has 0 unspecified atom stereocenters. The Balaban J connectivity index is 1.54. The SMILES string of the molecule is Cc1cc(Cl)ccc1OCC(=O)Nc1cccc(C(=O)NCc2ccccc2)c1. The topological polar surface area (TPSA) is 67.4 Å². The molecule has 0 fully saturated rings. The van der Waals surface area contributed by atoms with Crippen LogP contribution in [0, 0.1) is 6.92 Å². The zero-order chi connectivity index (χ0) is 20.6.